The van der Waals surface area contributed by atoms with Crippen molar-refractivity contribution < 1.29 is 22.7 Å². The summed E-state index contributed by atoms with van der Waals surface area (Å²) < 4.78 is 54.9. The third-order valence-electron chi connectivity index (χ3n) is 3.95. The average molecular weight is 394 g/mol. The summed E-state index contributed by atoms with van der Waals surface area (Å²) in [6.07, 6.45) is 0.901. The van der Waals surface area contributed by atoms with Crippen LogP contribution < -0.4 is 10.9 Å². The molecular weight excluding hydrogens is 380 g/mol. The molecular formula is C18H14F4N4O2. The van der Waals surface area contributed by atoms with Crippen LogP contribution in [0.4, 0.5) is 29.2 Å². The van der Waals surface area contributed by atoms with E-state index in [1.807, 2.05) is 0 Å². The van der Waals surface area contributed by atoms with Crippen molar-refractivity contribution >= 4 is 11.6 Å². The van der Waals surface area contributed by atoms with E-state index in [9.17, 15) is 27.5 Å². The number of nitrogens with zero attached hydrogens (tertiary/aromatic N) is 3. The number of aliphatic hydroxyl groups excluding tert-OH is 1. The smallest absolute Gasteiger partial charge is 0.293 e. The molecule has 3 aromatic rings. The van der Waals surface area contributed by atoms with Gasteiger partial charge in [-0.3, -0.25) is 4.79 Å². The van der Waals surface area contributed by atoms with Gasteiger partial charge >= 0.3 is 0 Å². The van der Waals surface area contributed by atoms with Crippen molar-refractivity contribution in [3.8, 4) is 0 Å². The number of hydrogen-bond donors (Lipinski definition) is 2. The van der Waals surface area contributed by atoms with Crippen LogP contribution in [0, 0.1) is 30.2 Å². The Balaban J connectivity index is 1.99. The lowest BCUT2D eigenvalue weighted by Crippen LogP contribution is -2.20. The molecule has 10 heteroatoms. The predicted molar refractivity (Wildman–Crippen MR) is 92.1 cm³/mol. The Kier molecular flexibility index (Phi) is 5.41. The summed E-state index contributed by atoms with van der Waals surface area (Å²) in [5.41, 5.74) is 0.184. The molecule has 28 heavy (non-hydrogen) atoms. The first kappa shape index (κ1) is 19.5. The Labute approximate surface area is 156 Å². The van der Waals surface area contributed by atoms with Gasteiger partial charge in [0, 0.05) is 11.3 Å². The van der Waals surface area contributed by atoms with Crippen molar-refractivity contribution in [3.63, 3.8) is 0 Å². The van der Waals surface area contributed by atoms with E-state index in [-0.39, 0.29) is 23.6 Å². The van der Waals surface area contributed by atoms with Crippen LogP contribution in [-0.4, -0.2) is 19.9 Å². The summed E-state index contributed by atoms with van der Waals surface area (Å²) in [6.45, 7) is 0.829. The van der Waals surface area contributed by atoms with Crippen molar-refractivity contribution in [1.29, 1.82) is 0 Å². The molecule has 0 radical (unpaired) electrons. The van der Waals surface area contributed by atoms with E-state index in [0.29, 0.717) is 11.3 Å². The molecule has 0 fully saturated rings. The summed E-state index contributed by atoms with van der Waals surface area (Å²) in [5.74, 6) is -5.00. The third-order valence-corrected chi connectivity index (χ3v) is 3.95. The second-order valence-electron chi connectivity index (χ2n) is 5.99. The molecule has 0 saturated carbocycles. The van der Waals surface area contributed by atoms with E-state index in [1.54, 1.807) is 6.92 Å². The molecule has 0 atom stereocenters. The van der Waals surface area contributed by atoms with Gasteiger partial charge in [0.2, 0.25) is 5.95 Å². The standard InChI is InChI=1S/C18H14F4N4O2/c1-9-2-12(19)11(8-27)5-15(9)24-18-25-16(28)6-23-26(18)7-10-3-13(20)17(22)14(21)4-10/h2-6,27H,7-8H2,1H3,(H,24,25,28). The molecule has 0 aliphatic carbocycles. The summed E-state index contributed by atoms with van der Waals surface area (Å²) in [5, 5.41) is 15.9. The van der Waals surface area contributed by atoms with Crippen LogP contribution in [0.1, 0.15) is 16.7 Å². The largest absolute Gasteiger partial charge is 0.392 e. The number of aryl methyl sites for hydroxylation is 1. The highest BCUT2D eigenvalue weighted by molar-refractivity contribution is 5.59. The first-order valence-corrected chi connectivity index (χ1v) is 8.03. The monoisotopic (exact) mass is 394 g/mol. The van der Waals surface area contributed by atoms with Crippen LogP contribution in [0.25, 0.3) is 0 Å². The van der Waals surface area contributed by atoms with Crippen LogP contribution in [0.5, 0.6) is 0 Å². The highest BCUT2D eigenvalue weighted by atomic mass is 19.2. The number of rotatable bonds is 5. The zero-order chi connectivity index (χ0) is 20.4. The minimum atomic E-state index is -1.59. The van der Waals surface area contributed by atoms with Crippen molar-refractivity contribution in [1.82, 2.24) is 14.8 Å². The average Bonchev–Trinajstić information content (AvgIpc) is 2.64. The molecule has 0 aliphatic rings. The number of benzene rings is 2. The molecule has 1 heterocycles. The number of halogens is 4. The topological polar surface area (TPSA) is 80.0 Å². The normalized spacial score (nSPS) is 10.9. The summed E-state index contributed by atoms with van der Waals surface area (Å²) in [7, 11) is 0. The van der Waals surface area contributed by atoms with Gasteiger partial charge in [-0.05, 0) is 42.3 Å². The van der Waals surface area contributed by atoms with E-state index < -0.39 is 35.4 Å². The van der Waals surface area contributed by atoms with E-state index in [2.05, 4.69) is 15.4 Å². The molecule has 146 valence electrons. The maximum atomic E-state index is 13.7. The fourth-order valence-electron chi connectivity index (χ4n) is 2.54. The minimum absolute atomic E-state index is 0.0218. The Morgan fingerprint density at radius 1 is 1.07 bits per heavy atom. The Morgan fingerprint density at radius 2 is 1.75 bits per heavy atom. The quantitative estimate of drug-likeness (QED) is 0.514. The number of aliphatic hydroxyl groups is 1. The SMILES string of the molecule is Cc1cc(F)c(CO)cc1Nc1nc(=O)cnn1Cc1cc(F)c(F)c(F)c1. The zero-order valence-corrected chi connectivity index (χ0v) is 14.5. The van der Waals surface area contributed by atoms with Gasteiger partial charge in [0.05, 0.1) is 13.2 Å². The fraction of sp³-hybridized carbons (Fsp3) is 0.167. The van der Waals surface area contributed by atoms with Gasteiger partial charge in [-0.25, -0.2) is 22.2 Å². The molecule has 0 unspecified atom stereocenters. The number of hydrogen-bond acceptors (Lipinski definition) is 5. The molecule has 0 spiro atoms. The summed E-state index contributed by atoms with van der Waals surface area (Å²) >= 11 is 0. The van der Waals surface area contributed by atoms with Gasteiger partial charge < -0.3 is 10.4 Å². The highest BCUT2D eigenvalue weighted by Gasteiger charge is 2.14. The third kappa shape index (κ3) is 4.01. The Bertz CT molecular complexity index is 1080. The molecule has 6 nitrogen and oxygen atoms in total. The lowest BCUT2D eigenvalue weighted by molar-refractivity contribution is 0.276. The van der Waals surface area contributed by atoms with E-state index in [0.717, 1.165) is 23.0 Å². The van der Waals surface area contributed by atoms with E-state index >= 15 is 0 Å². The van der Waals surface area contributed by atoms with Gasteiger partial charge in [0.1, 0.15) is 12.0 Å². The van der Waals surface area contributed by atoms with Crippen LogP contribution in [0.3, 0.4) is 0 Å². The second kappa shape index (κ2) is 7.77. The molecule has 2 aromatic carbocycles. The molecule has 2 N–H and O–H groups in total. The van der Waals surface area contributed by atoms with Crippen LogP contribution in [-0.2, 0) is 13.2 Å². The van der Waals surface area contributed by atoms with Crippen LogP contribution >= 0.6 is 0 Å². The lowest BCUT2D eigenvalue weighted by Gasteiger charge is -2.15. The number of aromatic nitrogens is 3. The lowest BCUT2D eigenvalue weighted by atomic mass is 10.1. The summed E-state index contributed by atoms with van der Waals surface area (Å²) in [6, 6.07) is 4.13. The van der Waals surface area contributed by atoms with Crippen molar-refractivity contribution in [2.75, 3.05) is 5.32 Å². The maximum absolute atomic E-state index is 13.7. The van der Waals surface area contributed by atoms with Gasteiger partial charge in [0.15, 0.2) is 17.5 Å². The van der Waals surface area contributed by atoms with Crippen molar-refractivity contribution in [2.45, 2.75) is 20.1 Å². The zero-order valence-electron chi connectivity index (χ0n) is 14.5. The molecule has 0 bridgehead atoms. The summed E-state index contributed by atoms with van der Waals surface area (Å²) in [4.78, 5) is 15.4. The first-order valence-electron chi connectivity index (χ1n) is 8.03. The number of anilines is 2. The molecule has 0 aliphatic heterocycles. The number of nitrogens with one attached hydrogen (secondary N) is 1. The Hall–Kier alpha value is -3.27. The van der Waals surface area contributed by atoms with Crippen LogP contribution in [0.2, 0.25) is 0 Å². The minimum Gasteiger partial charge on any atom is -0.392 e. The van der Waals surface area contributed by atoms with Crippen molar-refractivity contribution in [3.05, 3.63) is 80.8 Å². The highest BCUT2D eigenvalue weighted by Crippen LogP contribution is 2.23. The van der Waals surface area contributed by atoms with E-state index in [4.69, 9.17) is 0 Å². The molecule has 0 amide bonds. The molecule has 1 aromatic heterocycles. The van der Waals surface area contributed by atoms with Gasteiger partial charge in [-0.2, -0.15) is 10.1 Å². The van der Waals surface area contributed by atoms with Gasteiger partial charge in [0.25, 0.3) is 5.56 Å². The second-order valence-corrected chi connectivity index (χ2v) is 5.99. The van der Waals surface area contributed by atoms with Crippen molar-refractivity contribution in [2.24, 2.45) is 0 Å². The Morgan fingerprint density at radius 3 is 2.39 bits per heavy atom. The molecule has 3 rings (SSSR count). The fourth-order valence-corrected chi connectivity index (χ4v) is 2.54. The van der Waals surface area contributed by atoms with Gasteiger partial charge in [-0.15, -0.1) is 0 Å². The maximum Gasteiger partial charge on any atom is 0.293 e. The van der Waals surface area contributed by atoms with Gasteiger partial charge in [-0.1, -0.05) is 0 Å². The predicted octanol–water partition coefficient (Wildman–Crippen LogP) is 2.79. The van der Waals surface area contributed by atoms with E-state index in [1.165, 1.54) is 12.1 Å². The molecule has 0 saturated heterocycles. The van der Waals surface area contributed by atoms with Crippen LogP contribution in [0.15, 0.2) is 35.3 Å². The first-order chi connectivity index (χ1) is 13.3.